The van der Waals surface area contributed by atoms with Crippen molar-refractivity contribution in [1.82, 2.24) is 5.32 Å². The van der Waals surface area contributed by atoms with Crippen LogP contribution in [0.4, 0.5) is 0 Å². The third-order valence-corrected chi connectivity index (χ3v) is 3.40. The third kappa shape index (κ3) is 5.88. The Labute approximate surface area is 117 Å². The van der Waals surface area contributed by atoms with Gasteiger partial charge in [0.1, 0.15) is 0 Å². The highest BCUT2D eigenvalue weighted by molar-refractivity contribution is 6.20. The maximum absolute atomic E-state index is 6.25. The Balaban J connectivity index is 2.31. The quantitative estimate of drug-likeness (QED) is 0.715. The number of hydrogen-bond acceptors (Lipinski definition) is 1. The Bertz CT molecular complexity index is 329. The summed E-state index contributed by atoms with van der Waals surface area (Å²) in [6.45, 7) is 10.6. The van der Waals surface area contributed by atoms with Crippen molar-refractivity contribution in [3.63, 3.8) is 0 Å². The number of nitrogens with one attached hydrogen (secondary N) is 1. The Hall–Kier alpha value is -0.530. The van der Waals surface area contributed by atoms with Gasteiger partial charge >= 0.3 is 0 Å². The third-order valence-electron chi connectivity index (χ3n) is 3.07. The molecule has 0 aliphatic rings. The largest absolute Gasteiger partial charge is 0.311 e. The molecule has 2 heteroatoms. The summed E-state index contributed by atoms with van der Waals surface area (Å²) in [6.07, 6.45) is 1.07. The maximum Gasteiger partial charge on any atom is 0.0463 e. The first-order chi connectivity index (χ1) is 8.49. The standard InChI is InChI=1S/C16H26ClN/c1-12(2)9-16(17)11-18-10-14-5-7-15(8-6-14)13(3)4/h5-8,12-13,16,18H,9-11H2,1-4H3. The van der Waals surface area contributed by atoms with Gasteiger partial charge in [0.05, 0.1) is 0 Å². The lowest BCUT2D eigenvalue weighted by Crippen LogP contribution is -2.23. The lowest BCUT2D eigenvalue weighted by atomic mass is 10.0. The fourth-order valence-corrected chi connectivity index (χ4v) is 2.45. The van der Waals surface area contributed by atoms with E-state index in [1.165, 1.54) is 11.1 Å². The first-order valence-corrected chi connectivity index (χ1v) is 7.36. The van der Waals surface area contributed by atoms with Gasteiger partial charge in [-0.2, -0.15) is 0 Å². The zero-order valence-electron chi connectivity index (χ0n) is 12.0. The van der Waals surface area contributed by atoms with Gasteiger partial charge < -0.3 is 5.32 Å². The predicted octanol–water partition coefficient (Wildman–Crippen LogP) is 4.55. The molecule has 1 aromatic rings. The second-order valence-electron chi connectivity index (χ2n) is 5.75. The zero-order valence-corrected chi connectivity index (χ0v) is 12.8. The molecule has 0 bridgehead atoms. The summed E-state index contributed by atoms with van der Waals surface area (Å²) < 4.78 is 0. The van der Waals surface area contributed by atoms with E-state index in [4.69, 9.17) is 11.6 Å². The molecular weight excluding hydrogens is 242 g/mol. The van der Waals surface area contributed by atoms with E-state index >= 15 is 0 Å². The fraction of sp³-hybridized carbons (Fsp3) is 0.625. The molecule has 0 saturated carbocycles. The molecule has 1 rings (SSSR count). The van der Waals surface area contributed by atoms with E-state index in [9.17, 15) is 0 Å². The second kappa shape index (κ2) is 7.81. The number of halogens is 1. The van der Waals surface area contributed by atoms with Crippen molar-refractivity contribution in [2.75, 3.05) is 6.54 Å². The zero-order chi connectivity index (χ0) is 13.5. The predicted molar refractivity (Wildman–Crippen MR) is 81.3 cm³/mol. The molecule has 0 fully saturated rings. The SMILES string of the molecule is CC(C)CC(Cl)CNCc1ccc(C(C)C)cc1. The van der Waals surface area contributed by atoms with E-state index in [1.807, 2.05) is 0 Å². The molecule has 1 N–H and O–H groups in total. The number of rotatable bonds is 7. The van der Waals surface area contributed by atoms with Crippen molar-refractivity contribution in [2.24, 2.45) is 5.92 Å². The number of alkyl halides is 1. The van der Waals surface area contributed by atoms with Crippen LogP contribution in [0.1, 0.15) is 51.2 Å². The Morgan fingerprint density at radius 2 is 1.67 bits per heavy atom. The van der Waals surface area contributed by atoms with Gasteiger partial charge in [0, 0.05) is 18.5 Å². The number of benzene rings is 1. The van der Waals surface area contributed by atoms with Crippen LogP contribution in [0.25, 0.3) is 0 Å². The van der Waals surface area contributed by atoms with Gasteiger partial charge in [-0.1, -0.05) is 52.0 Å². The second-order valence-corrected chi connectivity index (χ2v) is 6.37. The van der Waals surface area contributed by atoms with Crippen molar-refractivity contribution < 1.29 is 0 Å². The highest BCUT2D eigenvalue weighted by Gasteiger charge is 2.06. The molecule has 1 aromatic carbocycles. The Kier molecular flexibility index (Phi) is 6.73. The molecular formula is C16H26ClN. The topological polar surface area (TPSA) is 12.0 Å². The minimum atomic E-state index is 0.236. The highest BCUT2D eigenvalue weighted by Crippen LogP contribution is 2.15. The first-order valence-electron chi connectivity index (χ1n) is 6.92. The van der Waals surface area contributed by atoms with E-state index in [1.54, 1.807) is 0 Å². The molecule has 0 aromatic heterocycles. The van der Waals surface area contributed by atoms with Gasteiger partial charge in [0.15, 0.2) is 0 Å². The summed E-state index contributed by atoms with van der Waals surface area (Å²) in [5, 5.41) is 3.66. The summed E-state index contributed by atoms with van der Waals surface area (Å²) >= 11 is 6.25. The lowest BCUT2D eigenvalue weighted by molar-refractivity contribution is 0.533. The van der Waals surface area contributed by atoms with Crippen molar-refractivity contribution in [3.05, 3.63) is 35.4 Å². The molecule has 0 spiro atoms. The van der Waals surface area contributed by atoms with Crippen molar-refractivity contribution in [1.29, 1.82) is 0 Å². The van der Waals surface area contributed by atoms with Crippen LogP contribution in [0.5, 0.6) is 0 Å². The van der Waals surface area contributed by atoms with Crippen LogP contribution in [0.2, 0.25) is 0 Å². The van der Waals surface area contributed by atoms with Gasteiger partial charge in [-0.25, -0.2) is 0 Å². The average Bonchev–Trinajstić information content (AvgIpc) is 2.28. The normalized spacial score (nSPS) is 13.3. The van der Waals surface area contributed by atoms with Gasteiger partial charge in [-0.3, -0.25) is 0 Å². The minimum Gasteiger partial charge on any atom is -0.311 e. The fourth-order valence-electron chi connectivity index (χ4n) is 1.99. The molecule has 0 heterocycles. The molecule has 102 valence electrons. The van der Waals surface area contributed by atoms with E-state index < -0.39 is 0 Å². The molecule has 0 aliphatic carbocycles. The monoisotopic (exact) mass is 267 g/mol. The molecule has 0 radical (unpaired) electrons. The van der Waals surface area contributed by atoms with Crippen LogP contribution in [-0.4, -0.2) is 11.9 Å². The minimum absolute atomic E-state index is 0.236. The van der Waals surface area contributed by atoms with Crippen LogP contribution in [0, 0.1) is 5.92 Å². The molecule has 1 unspecified atom stereocenters. The Morgan fingerprint density at radius 3 is 2.17 bits per heavy atom. The van der Waals surface area contributed by atoms with Crippen LogP contribution in [-0.2, 0) is 6.54 Å². The van der Waals surface area contributed by atoms with Crippen LogP contribution >= 0.6 is 11.6 Å². The van der Waals surface area contributed by atoms with Crippen LogP contribution in [0.15, 0.2) is 24.3 Å². The summed E-state index contributed by atoms with van der Waals surface area (Å²) in [5.41, 5.74) is 2.72. The van der Waals surface area contributed by atoms with Gasteiger partial charge in [0.2, 0.25) is 0 Å². The first kappa shape index (κ1) is 15.5. The molecule has 0 aliphatic heterocycles. The lowest BCUT2D eigenvalue weighted by Gasteiger charge is -2.13. The van der Waals surface area contributed by atoms with Crippen LogP contribution in [0.3, 0.4) is 0 Å². The summed E-state index contributed by atoms with van der Waals surface area (Å²) in [7, 11) is 0. The van der Waals surface area contributed by atoms with Crippen LogP contribution < -0.4 is 5.32 Å². The van der Waals surface area contributed by atoms with Crippen molar-refractivity contribution >= 4 is 11.6 Å². The van der Waals surface area contributed by atoms with Gasteiger partial charge in [-0.05, 0) is 29.4 Å². The van der Waals surface area contributed by atoms with Gasteiger partial charge in [-0.15, -0.1) is 11.6 Å². The van der Waals surface area contributed by atoms with Crippen molar-refractivity contribution in [2.45, 2.75) is 52.0 Å². The summed E-state index contributed by atoms with van der Waals surface area (Å²) in [6, 6.07) is 8.84. The van der Waals surface area contributed by atoms with Crippen molar-refractivity contribution in [3.8, 4) is 0 Å². The van der Waals surface area contributed by atoms with E-state index in [0.29, 0.717) is 11.8 Å². The van der Waals surface area contributed by atoms with Gasteiger partial charge in [0.25, 0.3) is 0 Å². The Morgan fingerprint density at radius 1 is 1.06 bits per heavy atom. The molecule has 1 atom stereocenters. The molecule has 1 nitrogen and oxygen atoms in total. The maximum atomic E-state index is 6.25. The van der Waals surface area contributed by atoms with E-state index in [0.717, 1.165) is 19.5 Å². The molecule has 0 amide bonds. The van der Waals surface area contributed by atoms with E-state index in [2.05, 4.69) is 57.3 Å². The average molecular weight is 268 g/mol. The molecule has 0 saturated heterocycles. The highest BCUT2D eigenvalue weighted by atomic mass is 35.5. The molecule has 18 heavy (non-hydrogen) atoms. The number of hydrogen-bond donors (Lipinski definition) is 1. The van der Waals surface area contributed by atoms with E-state index in [-0.39, 0.29) is 5.38 Å². The summed E-state index contributed by atoms with van der Waals surface area (Å²) in [4.78, 5) is 0. The smallest absolute Gasteiger partial charge is 0.0463 e. The summed E-state index contributed by atoms with van der Waals surface area (Å²) in [5.74, 6) is 1.27.